The number of benzene rings is 1. The van der Waals surface area contributed by atoms with E-state index in [0.717, 1.165) is 10.4 Å². The van der Waals surface area contributed by atoms with Gasteiger partial charge >= 0.3 is 5.97 Å². The predicted octanol–water partition coefficient (Wildman–Crippen LogP) is 0.611. The van der Waals surface area contributed by atoms with Crippen molar-refractivity contribution in [1.29, 1.82) is 0 Å². The Morgan fingerprint density at radius 1 is 1.53 bits per heavy atom. The molecule has 7 heteroatoms. The summed E-state index contributed by atoms with van der Waals surface area (Å²) in [6.45, 7) is 1.78. The van der Waals surface area contributed by atoms with Gasteiger partial charge in [-0.05, 0) is 18.2 Å². The van der Waals surface area contributed by atoms with Gasteiger partial charge in [-0.25, -0.2) is 13.2 Å². The third kappa shape index (κ3) is 3.05. The highest BCUT2D eigenvalue weighted by Crippen LogP contribution is 2.23. The van der Waals surface area contributed by atoms with Crippen LogP contribution in [0.15, 0.2) is 23.1 Å². The van der Waals surface area contributed by atoms with Crippen molar-refractivity contribution < 1.29 is 18.3 Å². The number of terminal acetylenes is 1. The van der Waals surface area contributed by atoms with Crippen LogP contribution in [0.4, 0.5) is 5.69 Å². The molecular weight excluding hydrogens is 268 g/mol. The third-order valence-electron chi connectivity index (χ3n) is 2.49. The van der Waals surface area contributed by atoms with E-state index < -0.39 is 16.0 Å². The van der Waals surface area contributed by atoms with Gasteiger partial charge in [0.25, 0.3) is 0 Å². The Bertz CT molecular complexity index is 632. The first kappa shape index (κ1) is 15.0. The summed E-state index contributed by atoms with van der Waals surface area (Å²) in [5.41, 5.74) is 5.42. The number of nitrogens with two attached hydrogens (primary N) is 1. The van der Waals surface area contributed by atoms with Crippen molar-refractivity contribution in [2.24, 2.45) is 0 Å². The van der Waals surface area contributed by atoms with Crippen LogP contribution in [0.5, 0.6) is 0 Å². The van der Waals surface area contributed by atoms with Crippen molar-refractivity contribution in [2.75, 3.05) is 18.8 Å². The molecule has 0 unspecified atom stereocenters. The van der Waals surface area contributed by atoms with E-state index in [1.165, 1.54) is 12.1 Å². The fraction of sp³-hybridized carbons (Fsp3) is 0.250. The highest BCUT2D eigenvalue weighted by atomic mass is 32.2. The molecule has 0 saturated carbocycles. The summed E-state index contributed by atoms with van der Waals surface area (Å²) in [7, 11) is -3.81. The SMILES string of the molecule is C#CCN(CC)S(=O)(=O)c1ccc(C(=O)O)cc1N. The standard InChI is InChI=1S/C12H14N2O4S/c1-3-7-14(4-2)19(17,18)11-6-5-9(12(15)16)8-10(11)13/h1,5-6,8H,4,7,13H2,2H3,(H,15,16). The molecule has 0 aromatic heterocycles. The molecule has 0 aliphatic rings. The fourth-order valence-electron chi connectivity index (χ4n) is 1.52. The number of carboxylic acids is 1. The van der Waals surface area contributed by atoms with Crippen molar-refractivity contribution in [3.8, 4) is 12.3 Å². The predicted molar refractivity (Wildman–Crippen MR) is 71.1 cm³/mol. The average molecular weight is 282 g/mol. The van der Waals surface area contributed by atoms with E-state index in [-0.39, 0.29) is 29.2 Å². The first-order chi connectivity index (χ1) is 8.84. The van der Waals surface area contributed by atoms with Gasteiger partial charge in [0.05, 0.1) is 17.8 Å². The molecule has 0 radical (unpaired) electrons. The molecule has 0 saturated heterocycles. The number of carbonyl (C=O) groups is 1. The van der Waals surface area contributed by atoms with Gasteiger partial charge in [-0.2, -0.15) is 4.31 Å². The minimum absolute atomic E-state index is 0.0705. The summed E-state index contributed by atoms with van der Waals surface area (Å²) in [6.07, 6.45) is 5.12. The zero-order valence-corrected chi connectivity index (χ0v) is 11.1. The van der Waals surface area contributed by atoms with E-state index in [1.54, 1.807) is 6.92 Å². The van der Waals surface area contributed by atoms with Gasteiger partial charge in [-0.15, -0.1) is 6.42 Å². The second kappa shape index (κ2) is 5.73. The summed E-state index contributed by atoms with van der Waals surface area (Å²) in [6, 6.07) is 3.47. The molecule has 0 aliphatic heterocycles. The molecule has 0 aliphatic carbocycles. The van der Waals surface area contributed by atoms with Gasteiger partial charge in [0, 0.05) is 6.54 Å². The lowest BCUT2D eigenvalue weighted by Gasteiger charge is -2.19. The van der Waals surface area contributed by atoms with Gasteiger partial charge in [0.15, 0.2) is 0 Å². The molecule has 0 fully saturated rings. The number of aromatic carboxylic acids is 1. The molecule has 1 aromatic rings. The second-order valence-corrected chi connectivity index (χ2v) is 5.60. The number of nitrogens with zero attached hydrogens (tertiary/aromatic N) is 1. The summed E-state index contributed by atoms with van der Waals surface area (Å²) >= 11 is 0. The van der Waals surface area contributed by atoms with Crippen LogP contribution in [-0.4, -0.2) is 36.9 Å². The Hall–Kier alpha value is -2.04. The number of hydrogen-bond acceptors (Lipinski definition) is 4. The van der Waals surface area contributed by atoms with E-state index >= 15 is 0 Å². The molecule has 19 heavy (non-hydrogen) atoms. The van der Waals surface area contributed by atoms with Crippen LogP contribution in [0.1, 0.15) is 17.3 Å². The normalized spacial score (nSPS) is 11.2. The van der Waals surface area contributed by atoms with Gasteiger partial charge in [0.1, 0.15) is 4.90 Å². The third-order valence-corrected chi connectivity index (χ3v) is 4.49. The number of anilines is 1. The van der Waals surface area contributed by atoms with Crippen molar-refractivity contribution in [3.05, 3.63) is 23.8 Å². The van der Waals surface area contributed by atoms with Crippen LogP contribution >= 0.6 is 0 Å². The first-order valence-corrected chi connectivity index (χ1v) is 6.85. The molecule has 3 N–H and O–H groups in total. The van der Waals surface area contributed by atoms with Crippen LogP contribution in [0.2, 0.25) is 0 Å². The molecule has 0 heterocycles. The zero-order chi connectivity index (χ0) is 14.6. The maximum absolute atomic E-state index is 12.3. The quantitative estimate of drug-likeness (QED) is 0.608. The summed E-state index contributed by atoms with van der Waals surface area (Å²) in [5, 5.41) is 8.80. The van der Waals surface area contributed by atoms with E-state index in [1.807, 2.05) is 0 Å². The van der Waals surface area contributed by atoms with Crippen molar-refractivity contribution >= 4 is 21.7 Å². The monoisotopic (exact) mass is 282 g/mol. The Kier molecular flexibility index (Phi) is 4.53. The van der Waals surface area contributed by atoms with Crippen LogP contribution < -0.4 is 5.73 Å². The molecule has 0 bridgehead atoms. The second-order valence-electron chi connectivity index (χ2n) is 3.69. The maximum Gasteiger partial charge on any atom is 0.335 e. The molecule has 0 amide bonds. The molecule has 0 spiro atoms. The summed E-state index contributed by atoms with van der Waals surface area (Å²) < 4.78 is 25.6. The lowest BCUT2D eigenvalue weighted by atomic mass is 10.2. The summed E-state index contributed by atoms with van der Waals surface area (Å²) in [5.74, 6) is 1.08. The summed E-state index contributed by atoms with van der Waals surface area (Å²) in [4.78, 5) is 10.6. The van der Waals surface area contributed by atoms with Crippen molar-refractivity contribution in [3.63, 3.8) is 0 Å². The van der Waals surface area contributed by atoms with Crippen molar-refractivity contribution in [2.45, 2.75) is 11.8 Å². The topological polar surface area (TPSA) is 101 Å². The Morgan fingerprint density at radius 2 is 2.16 bits per heavy atom. The van der Waals surface area contributed by atoms with E-state index in [9.17, 15) is 13.2 Å². The molecule has 1 aromatic carbocycles. The van der Waals surface area contributed by atoms with E-state index in [2.05, 4.69) is 5.92 Å². The molecular formula is C12H14N2O4S. The lowest BCUT2D eigenvalue weighted by Crippen LogP contribution is -2.31. The molecule has 0 atom stereocenters. The highest BCUT2D eigenvalue weighted by Gasteiger charge is 2.25. The van der Waals surface area contributed by atoms with Crippen LogP contribution in [0.25, 0.3) is 0 Å². The van der Waals surface area contributed by atoms with Crippen LogP contribution in [0.3, 0.4) is 0 Å². The number of nitrogen functional groups attached to an aromatic ring is 1. The lowest BCUT2D eigenvalue weighted by molar-refractivity contribution is 0.0697. The Labute approximate surface area is 111 Å². The molecule has 1 rings (SSSR count). The number of carboxylic acid groups (broad SMARTS) is 1. The number of sulfonamides is 1. The Balaban J connectivity index is 3.30. The zero-order valence-electron chi connectivity index (χ0n) is 10.3. The largest absolute Gasteiger partial charge is 0.478 e. The molecule has 6 nitrogen and oxygen atoms in total. The van der Waals surface area contributed by atoms with Crippen molar-refractivity contribution in [1.82, 2.24) is 4.31 Å². The number of hydrogen-bond donors (Lipinski definition) is 2. The average Bonchev–Trinajstić information content (AvgIpc) is 2.35. The Morgan fingerprint density at radius 3 is 2.58 bits per heavy atom. The van der Waals surface area contributed by atoms with E-state index in [0.29, 0.717) is 0 Å². The first-order valence-electron chi connectivity index (χ1n) is 5.41. The fourth-order valence-corrected chi connectivity index (χ4v) is 2.98. The molecule has 102 valence electrons. The van der Waals surface area contributed by atoms with Gasteiger partial charge < -0.3 is 10.8 Å². The maximum atomic E-state index is 12.3. The van der Waals surface area contributed by atoms with E-state index in [4.69, 9.17) is 17.3 Å². The van der Waals surface area contributed by atoms with Crippen LogP contribution in [0, 0.1) is 12.3 Å². The number of rotatable bonds is 5. The minimum Gasteiger partial charge on any atom is -0.478 e. The minimum atomic E-state index is -3.81. The van der Waals surface area contributed by atoms with Gasteiger partial charge in [0.2, 0.25) is 10.0 Å². The van der Waals surface area contributed by atoms with Gasteiger partial charge in [-0.1, -0.05) is 12.8 Å². The highest BCUT2D eigenvalue weighted by molar-refractivity contribution is 7.89. The smallest absolute Gasteiger partial charge is 0.335 e. The van der Waals surface area contributed by atoms with Crippen LogP contribution in [-0.2, 0) is 10.0 Å². The van der Waals surface area contributed by atoms with Gasteiger partial charge in [-0.3, -0.25) is 0 Å².